The largest absolute Gasteiger partial charge is 0.389 e. The van der Waals surface area contributed by atoms with Crippen LogP contribution in [0, 0.1) is 0 Å². The fraction of sp³-hybridized carbons (Fsp3) is 1.00. The van der Waals surface area contributed by atoms with Crippen LogP contribution in [-0.4, -0.2) is 44.0 Å². The summed E-state index contributed by atoms with van der Waals surface area (Å²) < 4.78 is 24.8. The lowest BCUT2D eigenvalue weighted by molar-refractivity contribution is 0.0316. The number of hydrogen-bond donors (Lipinski definition) is 3. The molecule has 3 N–H and O–H groups in total. The first-order chi connectivity index (χ1) is 7.54. The quantitative estimate of drug-likeness (QED) is 0.596. The number of aliphatic hydroxyl groups is 1. The molecule has 0 heterocycles. The topological polar surface area (TPSA) is 78.4 Å². The normalized spacial score (nSPS) is 14.0. The van der Waals surface area contributed by atoms with Crippen LogP contribution in [0.5, 0.6) is 0 Å². The van der Waals surface area contributed by atoms with Gasteiger partial charge in [0.05, 0.1) is 11.9 Å². The number of sulfonamides is 1. The highest BCUT2D eigenvalue weighted by molar-refractivity contribution is 7.88. The highest BCUT2D eigenvalue weighted by Gasteiger charge is 2.25. The van der Waals surface area contributed by atoms with Crippen molar-refractivity contribution in [3.05, 3.63) is 0 Å². The SMILES string of the molecule is CCC(O)(CC)CNCC(C)(C)NS(C)(=O)=O. The minimum absolute atomic E-state index is 0.467. The van der Waals surface area contributed by atoms with Crippen molar-refractivity contribution in [3.63, 3.8) is 0 Å². The Hall–Kier alpha value is -0.170. The first kappa shape index (κ1) is 16.8. The molecule has 0 amide bonds. The van der Waals surface area contributed by atoms with Crippen LogP contribution >= 0.6 is 0 Å². The molecule has 0 aliphatic heterocycles. The second kappa shape index (κ2) is 6.13. The van der Waals surface area contributed by atoms with E-state index in [-0.39, 0.29) is 0 Å². The summed E-state index contributed by atoms with van der Waals surface area (Å²) in [5.41, 5.74) is -1.27. The average molecular weight is 266 g/mol. The van der Waals surface area contributed by atoms with Gasteiger partial charge in [-0.1, -0.05) is 13.8 Å². The molecule has 0 aliphatic rings. The Balaban J connectivity index is 4.20. The van der Waals surface area contributed by atoms with Crippen molar-refractivity contribution in [2.75, 3.05) is 19.3 Å². The van der Waals surface area contributed by atoms with Crippen molar-refractivity contribution in [3.8, 4) is 0 Å². The zero-order chi connectivity index (χ0) is 13.7. The number of hydrogen-bond acceptors (Lipinski definition) is 4. The van der Waals surface area contributed by atoms with Gasteiger partial charge in [0.15, 0.2) is 0 Å². The van der Waals surface area contributed by atoms with Gasteiger partial charge >= 0.3 is 0 Å². The molecule has 0 rings (SSSR count). The van der Waals surface area contributed by atoms with Gasteiger partial charge in [-0.15, -0.1) is 0 Å². The van der Waals surface area contributed by atoms with E-state index in [2.05, 4.69) is 10.0 Å². The molecule has 0 aliphatic carbocycles. The van der Waals surface area contributed by atoms with E-state index < -0.39 is 21.2 Å². The summed E-state index contributed by atoms with van der Waals surface area (Å²) in [7, 11) is -3.21. The molecule has 5 nitrogen and oxygen atoms in total. The standard InChI is InChI=1S/C11H26N2O3S/c1-6-11(14,7-2)9-12-8-10(3,4)13-17(5,15)16/h12-14H,6-9H2,1-5H3. The van der Waals surface area contributed by atoms with Crippen molar-refractivity contribution in [2.45, 2.75) is 51.7 Å². The van der Waals surface area contributed by atoms with E-state index in [1.807, 2.05) is 13.8 Å². The van der Waals surface area contributed by atoms with Crippen LogP contribution in [-0.2, 0) is 10.0 Å². The first-order valence-electron chi connectivity index (χ1n) is 5.95. The summed E-state index contributed by atoms with van der Waals surface area (Å²) in [5.74, 6) is 0. The minimum Gasteiger partial charge on any atom is -0.389 e. The van der Waals surface area contributed by atoms with E-state index in [4.69, 9.17) is 0 Å². The van der Waals surface area contributed by atoms with Crippen LogP contribution in [0.2, 0.25) is 0 Å². The molecule has 0 fully saturated rings. The summed E-state index contributed by atoms with van der Waals surface area (Å²) in [6.45, 7) is 8.42. The van der Waals surface area contributed by atoms with Crippen LogP contribution in [0.25, 0.3) is 0 Å². The van der Waals surface area contributed by atoms with Crippen molar-refractivity contribution in [1.29, 1.82) is 0 Å². The van der Waals surface area contributed by atoms with Gasteiger partial charge in [0.1, 0.15) is 0 Å². The number of rotatable bonds is 8. The average Bonchev–Trinajstić information content (AvgIpc) is 2.13. The lowest BCUT2D eigenvalue weighted by Gasteiger charge is -2.30. The zero-order valence-electron chi connectivity index (χ0n) is 11.5. The lowest BCUT2D eigenvalue weighted by Crippen LogP contribution is -2.52. The zero-order valence-corrected chi connectivity index (χ0v) is 12.3. The summed E-state index contributed by atoms with van der Waals surface area (Å²) >= 11 is 0. The molecule has 104 valence electrons. The molecule has 0 aromatic rings. The third-order valence-electron chi connectivity index (χ3n) is 2.80. The molecule has 0 spiro atoms. The van der Waals surface area contributed by atoms with Crippen molar-refractivity contribution >= 4 is 10.0 Å². The molecule has 17 heavy (non-hydrogen) atoms. The molecule has 0 unspecified atom stereocenters. The van der Waals surface area contributed by atoms with Crippen molar-refractivity contribution < 1.29 is 13.5 Å². The Morgan fingerprint density at radius 3 is 1.94 bits per heavy atom. The molecule has 0 aromatic heterocycles. The Morgan fingerprint density at radius 1 is 1.12 bits per heavy atom. The monoisotopic (exact) mass is 266 g/mol. The molecule has 0 bridgehead atoms. The van der Waals surface area contributed by atoms with Gasteiger partial charge in [-0.25, -0.2) is 13.1 Å². The maximum absolute atomic E-state index is 11.1. The molecular formula is C11H26N2O3S. The van der Waals surface area contributed by atoms with Gasteiger partial charge in [0.2, 0.25) is 10.0 Å². The highest BCUT2D eigenvalue weighted by atomic mass is 32.2. The fourth-order valence-electron chi connectivity index (χ4n) is 1.65. The van der Waals surface area contributed by atoms with Gasteiger partial charge in [-0.2, -0.15) is 0 Å². The third-order valence-corrected chi connectivity index (χ3v) is 3.72. The smallest absolute Gasteiger partial charge is 0.209 e. The first-order valence-corrected chi connectivity index (χ1v) is 7.85. The van der Waals surface area contributed by atoms with Gasteiger partial charge in [-0.3, -0.25) is 0 Å². The van der Waals surface area contributed by atoms with E-state index >= 15 is 0 Å². The molecule has 0 aromatic carbocycles. The third kappa shape index (κ3) is 7.70. The maximum atomic E-state index is 11.1. The second-order valence-electron chi connectivity index (χ2n) is 5.29. The van der Waals surface area contributed by atoms with Crippen LogP contribution in [0.15, 0.2) is 0 Å². The van der Waals surface area contributed by atoms with Crippen molar-refractivity contribution in [2.24, 2.45) is 0 Å². The summed E-state index contributed by atoms with van der Waals surface area (Å²) in [5, 5.41) is 13.2. The second-order valence-corrected chi connectivity index (χ2v) is 7.04. The van der Waals surface area contributed by atoms with E-state index in [1.165, 1.54) is 0 Å². The van der Waals surface area contributed by atoms with Crippen molar-refractivity contribution in [1.82, 2.24) is 10.0 Å². The summed E-state index contributed by atoms with van der Waals surface area (Å²) in [6.07, 6.45) is 2.50. The van der Waals surface area contributed by atoms with Gasteiger partial charge in [0.25, 0.3) is 0 Å². The molecule has 0 radical (unpaired) electrons. The van der Waals surface area contributed by atoms with Crippen LogP contribution in [0.3, 0.4) is 0 Å². The van der Waals surface area contributed by atoms with Gasteiger partial charge in [0, 0.05) is 18.6 Å². The Kier molecular flexibility index (Phi) is 6.07. The van der Waals surface area contributed by atoms with E-state index in [9.17, 15) is 13.5 Å². The molecule has 6 heteroatoms. The lowest BCUT2D eigenvalue weighted by atomic mass is 9.97. The maximum Gasteiger partial charge on any atom is 0.209 e. The Bertz CT molecular complexity index is 322. The van der Waals surface area contributed by atoms with Crippen LogP contribution in [0.1, 0.15) is 40.5 Å². The minimum atomic E-state index is -3.21. The van der Waals surface area contributed by atoms with E-state index in [0.717, 1.165) is 6.26 Å². The van der Waals surface area contributed by atoms with E-state index in [1.54, 1.807) is 13.8 Å². The number of nitrogens with one attached hydrogen (secondary N) is 2. The molecule has 0 saturated heterocycles. The molecule has 0 saturated carbocycles. The Labute approximate surface area is 105 Å². The Morgan fingerprint density at radius 2 is 1.59 bits per heavy atom. The summed E-state index contributed by atoms with van der Waals surface area (Å²) in [6, 6.07) is 0. The van der Waals surface area contributed by atoms with Gasteiger partial charge in [-0.05, 0) is 26.7 Å². The van der Waals surface area contributed by atoms with Gasteiger partial charge < -0.3 is 10.4 Å². The van der Waals surface area contributed by atoms with E-state index in [0.29, 0.717) is 25.9 Å². The fourth-order valence-corrected chi connectivity index (χ4v) is 2.72. The van der Waals surface area contributed by atoms with Crippen LogP contribution in [0.4, 0.5) is 0 Å². The highest BCUT2D eigenvalue weighted by Crippen LogP contribution is 2.13. The summed E-state index contributed by atoms with van der Waals surface area (Å²) in [4.78, 5) is 0. The molecular weight excluding hydrogens is 240 g/mol. The predicted molar refractivity (Wildman–Crippen MR) is 70.5 cm³/mol. The molecule has 0 atom stereocenters. The van der Waals surface area contributed by atoms with Crippen LogP contribution < -0.4 is 10.0 Å². The predicted octanol–water partition coefficient (Wildman–Crippen LogP) is 0.455.